The number of furan rings is 1. The summed E-state index contributed by atoms with van der Waals surface area (Å²) in [5, 5.41) is 2.67. The highest BCUT2D eigenvalue weighted by molar-refractivity contribution is 5.89. The van der Waals surface area contributed by atoms with Crippen LogP contribution in [0.3, 0.4) is 0 Å². The molecule has 0 saturated carbocycles. The maximum atomic E-state index is 12.4. The van der Waals surface area contributed by atoms with E-state index in [0.29, 0.717) is 25.5 Å². The number of rotatable bonds is 2. The summed E-state index contributed by atoms with van der Waals surface area (Å²) in [6.45, 7) is 3.13. The zero-order valence-electron chi connectivity index (χ0n) is 13.1. The van der Waals surface area contributed by atoms with E-state index in [4.69, 9.17) is 9.15 Å². The van der Waals surface area contributed by atoms with E-state index in [0.717, 1.165) is 5.76 Å². The van der Waals surface area contributed by atoms with Crippen LogP contribution in [0.5, 0.6) is 0 Å². The minimum atomic E-state index is -0.315. The molecule has 1 atom stereocenters. The minimum absolute atomic E-state index is 0.243. The summed E-state index contributed by atoms with van der Waals surface area (Å²) in [6, 6.07) is 6.71. The number of nitrogens with zero attached hydrogens (tertiary/aromatic N) is 2. The molecule has 0 radical (unpaired) electrons. The molecule has 1 aliphatic rings. The predicted octanol–water partition coefficient (Wildman–Crippen LogP) is 1.89. The van der Waals surface area contributed by atoms with E-state index in [1.165, 1.54) is 4.57 Å². The molecule has 3 heterocycles. The average molecular weight is 317 g/mol. The molecule has 1 saturated heterocycles. The van der Waals surface area contributed by atoms with Crippen molar-refractivity contribution in [2.75, 3.05) is 25.0 Å². The maximum Gasteiger partial charge on any atom is 0.322 e. The van der Waals surface area contributed by atoms with Crippen LogP contribution in [0.2, 0.25) is 0 Å². The van der Waals surface area contributed by atoms with Crippen LogP contribution in [0.1, 0.15) is 17.6 Å². The monoisotopic (exact) mass is 317 g/mol. The lowest BCUT2D eigenvalue weighted by Gasteiger charge is -2.31. The van der Waals surface area contributed by atoms with Crippen molar-refractivity contribution in [3.63, 3.8) is 0 Å². The highest BCUT2D eigenvalue weighted by Crippen LogP contribution is 2.24. The van der Waals surface area contributed by atoms with Crippen molar-refractivity contribution in [3.05, 3.63) is 52.3 Å². The lowest BCUT2D eigenvalue weighted by Crippen LogP contribution is -2.45. The fourth-order valence-electron chi connectivity index (χ4n) is 2.52. The Morgan fingerprint density at radius 1 is 1.35 bits per heavy atom. The first-order chi connectivity index (χ1) is 11.0. The van der Waals surface area contributed by atoms with Crippen molar-refractivity contribution in [2.45, 2.75) is 13.0 Å². The molecular formula is C16H19N3O4. The summed E-state index contributed by atoms with van der Waals surface area (Å²) in [7, 11) is 1.64. The van der Waals surface area contributed by atoms with Crippen LogP contribution in [-0.4, -0.2) is 35.2 Å². The first-order valence-corrected chi connectivity index (χ1v) is 7.44. The molecular weight excluding hydrogens is 298 g/mol. The third kappa shape index (κ3) is 3.29. The second-order valence-electron chi connectivity index (χ2n) is 5.52. The van der Waals surface area contributed by atoms with Crippen LogP contribution in [0, 0.1) is 6.92 Å². The largest absolute Gasteiger partial charge is 0.464 e. The van der Waals surface area contributed by atoms with Gasteiger partial charge in [0, 0.05) is 19.8 Å². The fraction of sp³-hybridized carbons (Fsp3) is 0.375. The van der Waals surface area contributed by atoms with Crippen LogP contribution in [0.25, 0.3) is 0 Å². The van der Waals surface area contributed by atoms with Gasteiger partial charge in [-0.2, -0.15) is 0 Å². The van der Waals surface area contributed by atoms with Gasteiger partial charge in [-0.25, -0.2) is 4.79 Å². The number of amides is 2. The lowest BCUT2D eigenvalue weighted by atomic mass is 10.2. The highest BCUT2D eigenvalue weighted by atomic mass is 16.5. The smallest absolute Gasteiger partial charge is 0.322 e. The molecule has 1 fully saturated rings. The first-order valence-electron chi connectivity index (χ1n) is 7.44. The summed E-state index contributed by atoms with van der Waals surface area (Å²) in [5.41, 5.74) is 0.0178. The highest BCUT2D eigenvalue weighted by Gasteiger charge is 2.27. The Bertz CT molecular complexity index is 765. The second-order valence-corrected chi connectivity index (χ2v) is 5.52. The van der Waals surface area contributed by atoms with Gasteiger partial charge in [0.05, 0.1) is 13.2 Å². The van der Waals surface area contributed by atoms with E-state index in [1.54, 1.807) is 30.3 Å². The molecule has 0 bridgehead atoms. The average Bonchev–Trinajstić information content (AvgIpc) is 2.98. The maximum absolute atomic E-state index is 12.4. The van der Waals surface area contributed by atoms with E-state index in [-0.39, 0.29) is 23.4 Å². The Balaban J connectivity index is 1.70. The zero-order chi connectivity index (χ0) is 16.4. The number of carbonyl (C=O) groups excluding carboxylic acids is 1. The molecule has 0 aliphatic carbocycles. The topological polar surface area (TPSA) is 76.7 Å². The van der Waals surface area contributed by atoms with Gasteiger partial charge in [0.2, 0.25) is 0 Å². The summed E-state index contributed by atoms with van der Waals surface area (Å²) in [5.74, 6) is 1.51. The first kappa shape index (κ1) is 15.4. The number of hydrogen-bond acceptors (Lipinski definition) is 4. The SMILES string of the molecule is Cc1ccc(C2CN(C(=O)Nc3cccn(C)c3=O)CCO2)o1. The van der Waals surface area contributed by atoms with Gasteiger partial charge in [-0.3, -0.25) is 4.79 Å². The van der Waals surface area contributed by atoms with Crippen LogP contribution in [-0.2, 0) is 11.8 Å². The molecule has 3 rings (SSSR count). The molecule has 7 nitrogen and oxygen atoms in total. The molecule has 2 aromatic rings. The van der Waals surface area contributed by atoms with Crippen molar-refractivity contribution in [1.29, 1.82) is 0 Å². The zero-order valence-corrected chi connectivity index (χ0v) is 13.1. The number of ether oxygens (including phenoxy) is 1. The van der Waals surface area contributed by atoms with E-state index < -0.39 is 0 Å². The van der Waals surface area contributed by atoms with Gasteiger partial charge in [0.25, 0.3) is 5.56 Å². The number of carbonyl (C=O) groups is 1. The Morgan fingerprint density at radius 3 is 2.91 bits per heavy atom. The van der Waals surface area contributed by atoms with E-state index in [2.05, 4.69) is 5.32 Å². The van der Waals surface area contributed by atoms with Crippen LogP contribution < -0.4 is 10.9 Å². The number of aryl methyl sites for hydroxylation is 2. The van der Waals surface area contributed by atoms with E-state index in [1.807, 2.05) is 19.1 Å². The summed E-state index contributed by atoms with van der Waals surface area (Å²) in [4.78, 5) is 26.0. The Morgan fingerprint density at radius 2 is 2.17 bits per heavy atom. The van der Waals surface area contributed by atoms with Crippen molar-refractivity contribution in [2.24, 2.45) is 7.05 Å². The van der Waals surface area contributed by atoms with Crippen LogP contribution >= 0.6 is 0 Å². The van der Waals surface area contributed by atoms with Gasteiger partial charge in [0.1, 0.15) is 23.3 Å². The molecule has 2 aromatic heterocycles. The van der Waals surface area contributed by atoms with Gasteiger partial charge in [-0.05, 0) is 31.2 Å². The normalized spacial score (nSPS) is 18.0. The molecule has 1 aliphatic heterocycles. The van der Waals surface area contributed by atoms with E-state index >= 15 is 0 Å². The Hall–Kier alpha value is -2.54. The number of urea groups is 1. The molecule has 0 spiro atoms. The third-order valence-corrected chi connectivity index (χ3v) is 3.80. The number of hydrogen-bond donors (Lipinski definition) is 1. The minimum Gasteiger partial charge on any atom is -0.464 e. The second kappa shape index (κ2) is 6.29. The standard InChI is InChI=1S/C16H19N3O4/c1-11-5-6-13(23-11)14-10-19(8-9-22-14)16(21)17-12-4-3-7-18(2)15(12)20/h3-7,14H,8-10H2,1-2H3,(H,17,21). The third-order valence-electron chi connectivity index (χ3n) is 3.80. The van der Waals surface area contributed by atoms with Crippen LogP contribution in [0.4, 0.5) is 10.5 Å². The quantitative estimate of drug-likeness (QED) is 0.917. The molecule has 7 heteroatoms. The Labute approximate surface area is 133 Å². The van der Waals surface area contributed by atoms with Gasteiger partial charge in [0.15, 0.2) is 0 Å². The fourth-order valence-corrected chi connectivity index (χ4v) is 2.52. The summed E-state index contributed by atoms with van der Waals surface area (Å²) >= 11 is 0. The van der Waals surface area contributed by atoms with Crippen LogP contribution in [0.15, 0.2) is 39.7 Å². The number of morpholine rings is 1. The lowest BCUT2D eigenvalue weighted by molar-refractivity contribution is -0.0246. The van der Waals surface area contributed by atoms with Crippen molar-refractivity contribution < 1.29 is 13.9 Å². The molecule has 1 unspecified atom stereocenters. The van der Waals surface area contributed by atoms with Gasteiger partial charge in [-0.1, -0.05) is 0 Å². The van der Waals surface area contributed by atoms with Crippen molar-refractivity contribution >= 4 is 11.7 Å². The van der Waals surface area contributed by atoms with Gasteiger partial charge in [-0.15, -0.1) is 0 Å². The predicted molar refractivity (Wildman–Crippen MR) is 84.4 cm³/mol. The number of pyridine rings is 1. The molecule has 2 amide bonds. The van der Waals surface area contributed by atoms with Gasteiger partial charge >= 0.3 is 6.03 Å². The van der Waals surface area contributed by atoms with E-state index in [9.17, 15) is 9.59 Å². The Kier molecular flexibility index (Phi) is 4.20. The molecule has 0 aromatic carbocycles. The van der Waals surface area contributed by atoms with Crippen molar-refractivity contribution in [1.82, 2.24) is 9.47 Å². The molecule has 122 valence electrons. The number of anilines is 1. The molecule has 23 heavy (non-hydrogen) atoms. The number of nitrogens with one attached hydrogen (secondary N) is 1. The molecule has 1 N–H and O–H groups in total. The number of aromatic nitrogens is 1. The van der Waals surface area contributed by atoms with Gasteiger partial charge < -0.3 is 23.9 Å². The summed E-state index contributed by atoms with van der Waals surface area (Å²) in [6.07, 6.45) is 1.35. The van der Waals surface area contributed by atoms with Crippen molar-refractivity contribution in [3.8, 4) is 0 Å². The summed E-state index contributed by atoms with van der Waals surface area (Å²) < 4.78 is 12.7.